The number of hydrogen-bond acceptors (Lipinski definition) is 6. The Kier molecular flexibility index (Phi) is 7.51. The lowest BCUT2D eigenvalue weighted by atomic mass is 10.3. The number of carbonyl (C=O) groups is 1. The normalized spacial score (nSPS) is 13.4. The SMILES string of the molecule is C[N+](C)(CCNC(=O)c1nc(Cl)c(N)nc1N)CCNS(C)(=O)(O)c1ccc(Cl)cc1. The fourth-order valence-electron chi connectivity index (χ4n) is 2.70. The highest BCUT2D eigenvalue weighted by atomic mass is 35.5. The number of rotatable bonds is 9. The van der Waals surface area contributed by atoms with Crippen molar-refractivity contribution in [2.45, 2.75) is 4.90 Å². The van der Waals surface area contributed by atoms with Gasteiger partial charge in [0.25, 0.3) is 5.91 Å². The first-order valence-electron chi connectivity index (χ1n) is 9.27. The molecule has 7 N–H and O–H groups in total. The maximum atomic E-state index is 13.0. The Hall–Kier alpha value is -2.02. The van der Waals surface area contributed by atoms with Gasteiger partial charge in [-0.15, -0.1) is 9.53 Å². The zero-order valence-corrected chi connectivity index (χ0v) is 19.9. The second kappa shape index (κ2) is 9.23. The number of anilines is 2. The second-order valence-electron chi connectivity index (χ2n) is 7.90. The fourth-order valence-corrected chi connectivity index (χ4v) is 4.47. The number of quaternary nitrogens is 1. The summed E-state index contributed by atoms with van der Waals surface area (Å²) in [6.07, 6.45) is 1.27. The molecule has 0 spiro atoms. The molecule has 10 nitrogen and oxygen atoms in total. The van der Waals surface area contributed by atoms with E-state index < -0.39 is 15.4 Å². The van der Waals surface area contributed by atoms with Crippen LogP contribution in [0.3, 0.4) is 0 Å². The van der Waals surface area contributed by atoms with Crippen molar-refractivity contribution in [3.05, 3.63) is 40.1 Å². The number of nitrogens with two attached hydrogens (primary N) is 2. The van der Waals surface area contributed by atoms with Crippen molar-refractivity contribution in [3.63, 3.8) is 0 Å². The lowest BCUT2D eigenvalue weighted by Gasteiger charge is -2.41. The van der Waals surface area contributed by atoms with Gasteiger partial charge in [0.1, 0.15) is 0 Å². The molecule has 1 aromatic heterocycles. The van der Waals surface area contributed by atoms with Crippen molar-refractivity contribution < 1.29 is 18.0 Å². The van der Waals surface area contributed by atoms with Gasteiger partial charge in [-0.3, -0.25) is 9.35 Å². The van der Waals surface area contributed by atoms with Crippen LogP contribution in [0.1, 0.15) is 10.5 Å². The molecule has 0 unspecified atom stereocenters. The Labute approximate surface area is 191 Å². The summed E-state index contributed by atoms with van der Waals surface area (Å²) in [4.78, 5) is 20.2. The number of nitrogen functional groups attached to an aromatic ring is 2. The third-order valence-electron chi connectivity index (χ3n) is 4.65. The summed E-state index contributed by atoms with van der Waals surface area (Å²) in [6, 6.07) is 6.19. The van der Waals surface area contributed by atoms with E-state index in [-0.39, 0.29) is 33.9 Å². The van der Waals surface area contributed by atoms with Gasteiger partial charge in [-0.05, 0) is 24.3 Å². The van der Waals surface area contributed by atoms with Crippen molar-refractivity contribution >= 4 is 50.3 Å². The summed E-state index contributed by atoms with van der Waals surface area (Å²) in [6.45, 7) is 1.67. The minimum atomic E-state index is -4.21. The Morgan fingerprint density at radius 3 is 2.29 bits per heavy atom. The van der Waals surface area contributed by atoms with E-state index in [0.29, 0.717) is 29.1 Å². The fraction of sp³-hybridized carbons (Fsp3) is 0.389. The van der Waals surface area contributed by atoms with Crippen LogP contribution < -0.4 is 21.5 Å². The molecule has 1 aromatic carbocycles. The average molecular weight is 493 g/mol. The molecule has 2 aromatic rings. The third kappa shape index (κ3) is 6.99. The zero-order valence-electron chi connectivity index (χ0n) is 17.6. The summed E-state index contributed by atoms with van der Waals surface area (Å²) in [5.74, 6) is -0.666. The summed E-state index contributed by atoms with van der Waals surface area (Å²) in [5, 5.41) is 3.11. The van der Waals surface area contributed by atoms with E-state index in [4.69, 9.17) is 34.7 Å². The quantitative estimate of drug-likeness (QED) is 0.329. The molecule has 31 heavy (non-hydrogen) atoms. The van der Waals surface area contributed by atoms with Crippen molar-refractivity contribution in [2.24, 2.45) is 0 Å². The number of halogens is 2. The number of benzene rings is 1. The molecule has 0 saturated carbocycles. The van der Waals surface area contributed by atoms with Crippen molar-refractivity contribution in [3.8, 4) is 0 Å². The van der Waals surface area contributed by atoms with Gasteiger partial charge in [0.2, 0.25) is 0 Å². The topological polar surface area (TPSA) is 156 Å². The second-order valence-corrected chi connectivity index (χ2v) is 12.0. The molecule has 1 heterocycles. The molecular weight excluding hydrogens is 465 g/mol. The number of carbonyl (C=O) groups excluding carboxylic acids is 1. The third-order valence-corrected chi connectivity index (χ3v) is 7.45. The molecular formula is C18H28Cl2N7O3S+. The highest BCUT2D eigenvalue weighted by Gasteiger charge is 2.25. The van der Waals surface area contributed by atoms with Gasteiger partial charge in [0.05, 0.1) is 45.2 Å². The number of amides is 1. The van der Waals surface area contributed by atoms with Gasteiger partial charge in [-0.25, -0.2) is 14.7 Å². The van der Waals surface area contributed by atoms with Gasteiger partial charge < -0.3 is 21.3 Å². The molecule has 0 fully saturated rings. The molecule has 1 amide bonds. The van der Waals surface area contributed by atoms with Gasteiger partial charge >= 0.3 is 0 Å². The van der Waals surface area contributed by atoms with Gasteiger partial charge in [-0.2, -0.15) is 4.21 Å². The summed E-state index contributed by atoms with van der Waals surface area (Å²) in [5.41, 5.74) is 11.1. The number of likely N-dealkylation sites (N-methyl/N-ethyl adjacent to an activating group) is 1. The van der Waals surface area contributed by atoms with Crippen LogP contribution in [0, 0.1) is 0 Å². The molecule has 0 aliphatic heterocycles. The monoisotopic (exact) mass is 492 g/mol. The summed E-state index contributed by atoms with van der Waals surface area (Å²) < 4.78 is 26.9. The van der Waals surface area contributed by atoms with E-state index in [0.717, 1.165) is 0 Å². The van der Waals surface area contributed by atoms with Gasteiger partial charge in [0, 0.05) is 11.3 Å². The number of hydrogen-bond donors (Lipinski definition) is 5. The largest absolute Gasteiger partial charge is 0.382 e. The smallest absolute Gasteiger partial charge is 0.273 e. The van der Waals surface area contributed by atoms with Crippen LogP contribution in [0.25, 0.3) is 0 Å². The Morgan fingerprint density at radius 2 is 1.68 bits per heavy atom. The standard InChI is InChI=1S/C18H27Cl2N7O3S/c1-27(2,10-8-23-18(28)14-16(21)26-17(22)15(20)25-14)11-9-24-31(3,29,30)13-6-4-12(19)5-7-13/h4-7H,8-11H2,1-3H3,(H6-,21,22,23,24,26,28,29,30)/p+1. The minimum Gasteiger partial charge on any atom is -0.382 e. The molecule has 0 aliphatic carbocycles. The molecule has 0 bridgehead atoms. The van der Waals surface area contributed by atoms with Crippen LogP contribution >= 0.6 is 23.2 Å². The molecule has 172 valence electrons. The molecule has 0 atom stereocenters. The highest BCUT2D eigenvalue weighted by Crippen LogP contribution is 2.26. The highest BCUT2D eigenvalue weighted by molar-refractivity contribution is 8.12. The Morgan fingerprint density at radius 1 is 1.10 bits per heavy atom. The van der Waals surface area contributed by atoms with E-state index in [2.05, 4.69) is 20.0 Å². The molecule has 0 saturated heterocycles. The van der Waals surface area contributed by atoms with Crippen molar-refractivity contribution in [1.29, 1.82) is 0 Å². The van der Waals surface area contributed by atoms with E-state index in [1.54, 1.807) is 12.1 Å². The lowest BCUT2D eigenvalue weighted by Crippen LogP contribution is -2.53. The van der Waals surface area contributed by atoms with Crippen molar-refractivity contribution in [1.82, 2.24) is 20.0 Å². The molecule has 0 aliphatic rings. The maximum Gasteiger partial charge on any atom is 0.273 e. The first-order chi connectivity index (χ1) is 14.2. The van der Waals surface area contributed by atoms with Crippen LogP contribution in [0.5, 0.6) is 0 Å². The van der Waals surface area contributed by atoms with E-state index in [1.807, 2.05) is 14.1 Å². The Balaban J connectivity index is 1.88. The Bertz CT molecular complexity index is 1030. The first-order valence-corrected chi connectivity index (χ1v) is 12.4. The summed E-state index contributed by atoms with van der Waals surface area (Å²) in [7, 11) is -0.330. The van der Waals surface area contributed by atoms with Crippen LogP contribution in [0.4, 0.5) is 11.6 Å². The van der Waals surface area contributed by atoms with Crippen LogP contribution in [-0.4, -0.2) is 75.6 Å². The number of nitrogens with zero attached hydrogens (tertiary/aromatic N) is 3. The number of nitrogens with one attached hydrogen (secondary N) is 2. The zero-order chi connectivity index (χ0) is 23.5. The van der Waals surface area contributed by atoms with Crippen LogP contribution in [0.2, 0.25) is 10.2 Å². The van der Waals surface area contributed by atoms with E-state index in [1.165, 1.54) is 18.4 Å². The molecule has 13 heteroatoms. The summed E-state index contributed by atoms with van der Waals surface area (Å²) >= 11 is 11.7. The number of aromatic nitrogens is 2. The predicted molar refractivity (Wildman–Crippen MR) is 124 cm³/mol. The van der Waals surface area contributed by atoms with Crippen LogP contribution in [0.15, 0.2) is 29.2 Å². The van der Waals surface area contributed by atoms with E-state index in [9.17, 15) is 13.6 Å². The average Bonchev–Trinajstić information content (AvgIpc) is 2.64. The first kappa shape index (κ1) is 25.2. The minimum absolute atomic E-state index is 0.0468. The van der Waals surface area contributed by atoms with Gasteiger partial charge in [0.15, 0.2) is 22.5 Å². The van der Waals surface area contributed by atoms with Crippen molar-refractivity contribution in [2.75, 3.05) is 58.0 Å². The lowest BCUT2D eigenvalue weighted by molar-refractivity contribution is -0.887. The molecule has 2 rings (SSSR count). The van der Waals surface area contributed by atoms with Gasteiger partial charge in [-0.1, -0.05) is 23.2 Å². The predicted octanol–water partition coefficient (Wildman–Crippen LogP) is 1.24. The maximum absolute atomic E-state index is 13.0. The van der Waals surface area contributed by atoms with E-state index >= 15 is 0 Å². The van der Waals surface area contributed by atoms with Crippen LogP contribution in [-0.2, 0) is 9.53 Å². The molecule has 0 radical (unpaired) electrons.